The predicted molar refractivity (Wildman–Crippen MR) is 106 cm³/mol. The highest BCUT2D eigenvalue weighted by Crippen LogP contribution is 2.29. The van der Waals surface area contributed by atoms with Gasteiger partial charge in [-0.25, -0.2) is 4.79 Å². The summed E-state index contributed by atoms with van der Waals surface area (Å²) in [5.74, 6) is 0.880. The number of benzene rings is 1. The summed E-state index contributed by atoms with van der Waals surface area (Å²) in [7, 11) is 1.39. The minimum absolute atomic E-state index is 0.0425. The first-order chi connectivity index (χ1) is 13.4. The zero-order valence-corrected chi connectivity index (χ0v) is 16.8. The average molecular weight is 411 g/mol. The summed E-state index contributed by atoms with van der Waals surface area (Å²) in [4.78, 5) is 36.0. The van der Waals surface area contributed by atoms with Crippen LogP contribution in [0.4, 0.5) is 10.5 Å². The molecule has 0 aliphatic carbocycles. The maximum atomic E-state index is 12.1. The fourth-order valence-corrected chi connectivity index (χ4v) is 3.71. The molecule has 10 heteroatoms. The first kappa shape index (κ1) is 21.8. The van der Waals surface area contributed by atoms with Crippen LogP contribution in [0.5, 0.6) is 5.75 Å². The molecule has 1 N–H and O–H groups in total. The molecule has 2 amide bonds. The summed E-state index contributed by atoms with van der Waals surface area (Å²) in [5, 5.41) is 14.0. The van der Waals surface area contributed by atoms with Gasteiger partial charge in [0.1, 0.15) is 0 Å². The molecule has 1 fully saturated rings. The van der Waals surface area contributed by atoms with E-state index in [0.29, 0.717) is 38.3 Å². The molecule has 28 heavy (non-hydrogen) atoms. The summed E-state index contributed by atoms with van der Waals surface area (Å²) in [6.07, 6.45) is 1.08. The van der Waals surface area contributed by atoms with Crippen molar-refractivity contribution in [3.05, 3.63) is 33.9 Å². The Morgan fingerprint density at radius 3 is 2.68 bits per heavy atom. The van der Waals surface area contributed by atoms with Crippen LogP contribution in [0.2, 0.25) is 0 Å². The van der Waals surface area contributed by atoms with E-state index in [1.165, 1.54) is 24.9 Å². The molecule has 1 aliphatic rings. The number of rotatable bonds is 8. The molecule has 0 unspecified atom stereocenters. The number of thioether (sulfide) groups is 1. The molecule has 0 atom stereocenters. The van der Waals surface area contributed by atoms with Gasteiger partial charge in [-0.3, -0.25) is 14.9 Å². The molecule has 0 spiro atoms. The Morgan fingerprint density at radius 1 is 1.36 bits per heavy atom. The Kier molecular flexibility index (Phi) is 8.37. The zero-order valence-electron chi connectivity index (χ0n) is 16.0. The molecule has 154 valence electrons. The van der Waals surface area contributed by atoms with Crippen molar-refractivity contribution in [2.24, 2.45) is 0 Å². The second kappa shape index (κ2) is 10.7. The van der Waals surface area contributed by atoms with Crippen LogP contribution in [-0.2, 0) is 15.3 Å². The number of nitro benzene ring substituents is 1. The number of hydrogen-bond acceptors (Lipinski definition) is 7. The number of nitro groups is 1. The maximum absolute atomic E-state index is 12.1. The van der Waals surface area contributed by atoms with Crippen molar-refractivity contribution >= 4 is 29.4 Å². The van der Waals surface area contributed by atoms with Crippen molar-refractivity contribution in [2.75, 3.05) is 32.6 Å². The number of likely N-dealkylation sites (tertiary alicyclic amines) is 1. The number of methoxy groups -OCH3 is 1. The van der Waals surface area contributed by atoms with Crippen molar-refractivity contribution < 1.29 is 24.0 Å². The third-order valence-corrected chi connectivity index (χ3v) is 5.33. The normalized spacial score (nSPS) is 14.4. The molecular weight excluding hydrogens is 386 g/mol. The molecule has 2 rings (SSSR count). The SMILES string of the molecule is CCOC(=O)N1CCC(NC(=O)CSCc2ccc(OC)c([N+](=O)[O-])c2)CC1. The topological polar surface area (TPSA) is 111 Å². The van der Waals surface area contributed by atoms with Crippen LogP contribution >= 0.6 is 11.8 Å². The van der Waals surface area contributed by atoms with E-state index >= 15 is 0 Å². The lowest BCUT2D eigenvalue weighted by molar-refractivity contribution is -0.385. The molecule has 0 bridgehead atoms. The van der Waals surface area contributed by atoms with Crippen molar-refractivity contribution in [2.45, 2.75) is 31.6 Å². The largest absolute Gasteiger partial charge is 0.490 e. The Hall–Kier alpha value is -2.49. The molecule has 9 nitrogen and oxygen atoms in total. The molecule has 1 saturated heterocycles. The fraction of sp³-hybridized carbons (Fsp3) is 0.556. The zero-order chi connectivity index (χ0) is 20.5. The van der Waals surface area contributed by atoms with Crippen molar-refractivity contribution in [3.63, 3.8) is 0 Å². The van der Waals surface area contributed by atoms with Crippen LogP contribution in [-0.4, -0.2) is 60.4 Å². The van der Waals surface area contributed by atoms with Crippen LogP contribution in [0.15, 0.2) is 18.2 Å². The summed E-state index contributed by atoms with van der Waals surface area (Å²) in [6, 6.07) is 4.82. The van der Waals surface area contributed by atoms with Gasteiger partial charge in [-0.1, -0.05) is 6.07 Å². The summed E-state index contributed by atoms with van der Waals surface area (Å²) >= 11 is 1.39. The van der Waals surface area contributed by atoms with Gasteiger partial charge in [0.05, 0.1) is 24.4 Å². The molecule has 0 radical (unpaired) electrons. The van der Waals surface area contributed by atoms with Gasteiger partial charge in [-0.2, -0.15) is 0 Å². The van der Waals surface area contributed by atoms with E-state index in [1.807, 2.05) is 0 Å². The second-order valence-electron chi connectivity index (χ2n) is 6.28. The maximum Gasteiger partial charge on any atom is 0.409 e. The Morgan fingerprint density at radius 2 is 2.07 bits per heavy atom. The number of nitrogens with one attached hydrogen (secondary N) is 1. The molecule has 1 heterocycles. The summed E-state index contributed by atoms with van der Waals surface area (Å²) in [6.45, 7) is 3.25. The molecule has 1 aromatic rings. The number of amides is 2. The van der Waals surface area contributed by atoms with E-state index in [4.69, 9.17) is 9.47 Å². The van der Waals surface area contributed by atoms with E-state index in [0.717, 1.165) is 5.56 Å². The molecule has 0 saturated carbocycles. The van der Waals surface area contributed by atoms with Crippen LogP contribution < -0.4 is 10.1 Å². The Balaban J connectivity index is 1.73. The lowest BCUT2D eigenvalue weighted by Gasteiger charge is -2.31. The van der Waals surface area contributed by atoms with Crippen molar-refractivity contribution in [1.29, 1.82) is 0 Å². The minimum Gasteiger partial charge on any atom is -0.490 e. The Bertz CT molecular complexity index is 707. The fourth-order valence-electron chi connectivity index (χ4n) is 2.92. The molecule has 0 aromatic heterocycles. The lowest BCUT2D eigenvalue weighted by Crippen LogP contribution is -2.47. The van der Waals surface area contributed by atoms with E-state index in [-0.39, 0.29) is 35.2 Å². The van der Waals surface area contributed by atoms with Gasteiger partial charge in [-0.15, -0.1) is 11.8 Å². The van der Waals surface area contributed by atoms with Gasteiger partial charge in [0, 0.05) is 31.0 Å². The monoisotopic (exact) mass is 411 g/mol. The van der Waals surface area contributed by atoms with Crippen LogP contribution in [0, 0.1) is 10.1 Å². The quantitative estimate of drug-likeness (QED) is 0.517. The van der Waals surface area contributed by atoms with Crippen LogP contribution in [0.3, 0.4) is 0 Å². The highest BCUT2D eigenvalue weighted by atomic mass is 32.2. The third-order valence-electron chi connectivity index (χ3n) is 4.33. The molecule has 1 aromatic carbocycles. The van der Waals surface area contributed by atoms with Gasteiger partial charge >= 0.3 is 11.8 Å². The number of ether oxygens (including phenoxy) is 2. The number of piperidine rings is 1. The number of hydrogen-bond donors (Lipinski definition) is 1. The van der Waals surface area contributed by atoms with Crippen LogP contribution in [0.1, 0.15) is 25.3 Å². The summed E-state index contributed by atoms with van der Waals surface area (Å²) < 4.78 is 9.96. The molecular formula is C18H25N3O6S. The van der Waals surface area contributed by atoms with Gasteiger partial charge in [0.2, 0.25) is 5.91 Å². The molecule has 1 aliphatic heterocycles. The minimum atomic E-state index is -0.484. The van der Waals surface area contributed by atoms with E-state index in [9.17, 15) is 19.7 Å². The highest BCUT2D eigenvalue weighted by molar-refractivity contribution is 7.99. The van der Waals surface area contributed by atoms with E-state index in [1.54, 1.807) is 24.0 Å². The standard InChI is InChI=1S/C18H25N3O6S/c1-3-27-18(23)20-8-6-14(7-9-20)19-17(22)12-28-11-13-4-5-16(26-2)15(10-13)21(24)25/h4-5,10,14H,3,6-9,11-12H2,1-2H3,(H,19,22). The lowest BCUT2D eigenvalue weighted by atomic mass is 10.1. The van der Waals surface area contributed by atoms with E-state index in [2.05, 4.69) is 5.32 Å². The third kappa shape index (κ3) is 6.29. The number of carbonyl (C=O) groups excluding carboxylic acids is 2. The smallest absolute Gasteiger partial charge is 0.409 e. The Labute approximate surface area is 167 Å². The highest BCUT2D eigenvalue weighted by Gasteiger charge is 2.24. The second-order valence-corrected chi connectivity index (χ2v) is 7.27. The number of carbonyl (C=O) groups is 2. The summed E-state index contributed by atoms with van der Waals surface area (Å²) in [5.41, 5.74) is 0.673. The van der Waals surface area contributed by atoms with Crippen molar-refractivity contribution in [3.8, 4) is 5.75 Å². The first-order valence-electron chi connectivity index (χ1n) is 9.04. The van der Waals surface area contributed by atoms with Gasteiger partial charge in [0.15, 0.2) is 5.75 Å². The first-order valence-corrected chi connectivity index (χ1v) is 10.2. The van der Waals surface area contributed by atoms with Crippen molar-refractivity contribution in [1.82, 2.24) is 10.2 Å². The van der Waals surface area contributed by atoms with Gasteiger partial charge in [0.25, 0.3) is 0 Å². The van der Waals surface area contributed by atoms with E-state index < -0.39 is 4.92 Å². The van der Waals surface area contributed by atoms with Gasteiger partial charge < -0.3 is 19.7 Å². The van der Waals surface area contributed by atoms with Crippen LogP contribution in [0.25, 0.3) is 0 Å². The van der Waals surface area contributed by atoms with Gasteiger partial charge in [-0.05, 0) is 31.4 Å². The predicted octanol–water partition coefficient (Wildman–Crippen LogP) is 2.57. The average Bonchev–Trinajstić information content (AvgIpc) is 2.68. The number of nitrogens with zero attached hydrogens (tertiary/aromatic N) is 2.